The molecule has 0 atom stereocenters. The number of carboxylic acids is 2. The summed E-state index contributed by atoms with van der Waals surface area (Å²) < 4.78 is 0. The quantitative estimate of drug-likeness (QED) is 0.388. The Morgan fingerprint density at radius 1 is 0.633 bits per heavy atom. The van der Waals surface area contributed by atoms with Gasteiger partial charge in [-0.2, -0.15) is 0 Å². The van der Waals surface area contributed by atoms with Crippen molar-refractivity contribution in [2.75, 3.05) is 0 Å². The minimum Gasteiger partial charge on any atom is -0.507 e. The van der Waals surface area contributed by atoms with Gasteiger partial charge in [-0.15, -0.1) is 0 Å². The Morgan fingerprint density at radius 2 is 1.00 bits per heavy atom. The molecule has 0 heterocycles. The van der Waals surface area contributed by atoms with E-state index < -0.39 is 11.9 Å². The number of aromatic hydroxyl groups is 2. The molecule has 4 aromatic carbocycles. The van der Waals surface area contributed by atoms with Crippen LogP contribution in [0.15, 0.2) is 60.7 Å². The number of hydrogen-bond acceptors (Lipinski definition) is 4. The highest BCUT2D eigenvalue weighted by molar-refractivity contribution is 6.07. The summed E-state index contributed by atoms with van der Waals surface area (Å²) in [6.45, 7) is 0. The number of aryl methyl sites for hydroxylation is 2. The van der Waals surface area contributed by atoms with Gasteiger partial charge in [0.2, 0.25) is 0 Å². The third-order valence-electron chi connectivity index (χ3n) is 5.29. The molecule has 4 N–H and O–H groups in total. The van der Waals surface area contributed by atoms with E-state index in [2.05, 4.69) is 0 Å². The van der Waals surface area contributed by atoms with Gasteiger partial charge in [-0.3, -0.25) is 0 Å². The molecule has 0 fully saturated rings. The van der Waals surface area contributed by atoms with Crippen molar-refractivity contribution in [3.05, 3.63) is 82.9 Å². The van der Waals surface area contributed by atoms with Gasteiger partial charge in [0.1, 0.15) is 22.6 Å². The van der Waals surface area contributed by atoms with E-state index in [0.717, 1.165) is 0 Å². The number of fused-ring (bicyclic) bond motifs is 2. The highest BCUT2D eigenvalue weighted by Gasteiger charge is 2.21. The Balaban J connectivity index is 1.79. The van der Waals surface area contributed by atoms with Crippen LogP contribution in [0.1, 0.15) is 31.8 Å². The van der Waals surface area contributed by atoms with E-state index in [9.17, 15) is 30.0 Å². The molecule has 150 valence electrons. The predicted octanol–water partition coefficient (Wildman–Crippen LogP) is 4.59. The third kappa shape index (κ3) is 3.18. The van der Waals surface area contributed by atoms with Crippen LogP contribution in [0, 0.1) is 0 Å². The van der Waals surface area contributed by atoms with Gasteiger partial charge in [-0.25, -0.2) is 9.59 Å². The van der Waals surface area contributed by atoms with Crippen molar-refractivity contribution < 1.29 is 30.0 Å². The zero-order valence-electron chi connectivity index (χ0n) is 15.8. The summed E-state index contributed by atoms with van der Waals surface area (Å²) in [5, 5.41) is 42.5. The second-order valence-corrected chi connectivity index (χ2v) is 7.07. The normalized spacial score (nSPS) is 11.1. The first-order valence-electron chi connectivity index (χ1n) is 9.32. The first-order chi connectivity index (χ1) is 14.4. The molecule has 6 heteroatoms. The van der Waals surface area contributed by atoms with Crippen molar-refractivity contribution in [1.82, 2.24) is 0 Å². The maximum Gasteiger partial charge on any atom is 0.340 e. The largest absolute Gasteiger partial charge is 0.507 e. The molecule has 0 amide bonds. The van der Waals surface area contributed by atoms with Crippen LogP contribution in [0.2, 0.25) is 0 Å². The lowest BCUT2D eigenvalue weighted by Crippen LogP contribution is -2.04. The van der Waals surface area contributed by atoms with Crippen molar-refractivity contribution in [2.45, 2.75) is 12.8 Å². The number of hydrogen-bond donors (Lipinski definition) is 4. The van der Waals surface area contributed by atoms with Gasteiger partial charge < -0.3 is 20.4 Å². The summed E-state index contributed by atoms with van der Waals surface area (Å²) in [7, 11) is 0. The summed E-state index contributed by atoms with van der Waals surface area (Å²) in [5.41, 5.74) is 0.486. The average Bonchev–Trinajstić information content (AvgIpc) is 2.71. The topological polar surface area (TPSA) is 115 Å². The fourth-order valence-corrected chi connectivity index (χ4v) is 3.87. The van der Waals surface area contributed by atoms with Gasteiger partial charge >= 0.3 is 11.9 Å². The van der Waals surface area contributed by atoms with Crippen molar-refractivity contribution in [1.29, 1.82) is 0 Å². The number of benzene rings is 4. The molecule has 0 radical (unpaired) electrons. The molecule has 0 aliphatic carbocycles. The van der Waals surface area contributed by atoms with Crippen LogP contribution < -0.4 is 0 Å². The minimum atomic E-state index is -1.23. The van der Waals surface area contributed by atoms with Gasteiger partial charge in [0.05, 0.1) is 0 Å². The number of rotatable bonds is 5. The van der Waals surface area contributed by atoms with E-state index >= 15 is 0 Å². The number of aromatic carboxylic acids is 2. The fraction of sp³-hybridized carbons (Fsp3) is 0.0833. The molecular formula is C24H18O6. The van der Waals surface area contributed by atoms with Crippen LogP contribution in [0.4, 0.5) is 0 Å². The molecule has 4 aromatic rings. The van der Waals surface area contributed by atoms with Gasteiger partial charge in [-0.1, -0.05) is 48.5 Å². The zero-order valence-corrected chi connectivity index (χ0v) is 15.8. The number of carbonyl (C=O) groups is 2. The van der Waals surface area contributed by atoms with E-state index in [1.807, 2.05) is 0 Å². The van der Waals surface area contributed by atoms with E-state index in [4.69, 9.17) is 0 Å². The first-order valence-corrected chi connectivity index (χ1v) is 9.32. The molecule has 0 unspecified atom stereocenters. The lowest BCUT2D eigenvalue weighted by Gasteiger charge is -2.14. The van der Waals surface area contributed by atoms with Crippen molar-refractivity contribution in [3.63, 3.8) is 0 Å². The predicted molar refractivity (Wildman–Crippen MR) is 113 cm³/mol. The molecule has 30 heavy (non-hydrogen) atoms. The second-order valence-electron chi connectivity index (χ2n) is 7.07. The summed E-state index contributed by atoms with van der Waals surface area (Å²) in [5.74, 6) is -3.10. The van der Waals surface area contributed by atoms with E-state index in [0.29, 0.717) is 32.7 Å². The highest BCUT2D eigenvalue weighted by atomic mass is 16.4. The van der Waals surface area contributed by atoms with E-state index in [-0.39, 0.29) is 35.5 Å². The van der Waals surface area contributed by atoms with Crippen molar-refractivity contribution >= 4 is 33.5 Å². The van der Waals surface area contributed by atoms with Crippen LogP contribution in [0.5, 0.6) is 11.5 Å². The Hall–Kier alpha value is -4.06. The second kappa shape index (κ2) is 7.40. The van der Waals surface area contributed by atoms with Crippen LogP contribution in [-0.2, 0) is 12.8 Å². The summed E-state index contributed by atoms with van der Waals surface area (Å²) in [6.07, 6.45) is 0.448. The van der Waals surface area contributed by atoms with Crippen LogP contribution in [0.25, 0.3) is 21.5 Å². The molecule has 4 rings (SSSR count). The summed E-state index contributed by atoms with van der Waals surface area (Å²) in [4.78, 5) is 23.4. The van der Waals surface area contributed by atoms with E-state index in [1.165, 1.54) is 0 Å². The van der Waals surface area contributed by atoms with Crippen LogP contribution >= 0.6 is 0 Å². The Kier molecular flexibility index (Phi) is 4.75. The van der Waals surface area contributed by atoms with Crippen LogP contribution in [-0.4, -0.2) is 32.4 Å². The van der Waals surface area contributed by atoms with Crippen molar-refractivity contribution in [3.8, 4) is 11.5 Å². The van der Waals surface area contributed by atoms with Gasteiger partial charge in [0.25, 0.3) is 0 Å². The van der Waals surface area contributed by atoms with Gasteiger partial charge in [0.15, 0.2) is 0 Å². The maximum absolute atomic E-state index is 11.7. The third-order valence-corrected chi connectivity index (χ3v) is 5.29. The molecule has 0 aliphatic heterocycles. The fourth-order valence-electron chi connectivity index (χ4n) is 3.87. The minimum absolute atomic E-state index is 0.169. The lowest BCUT2D eigenvalue weighted by molar-refractivity contribution is 0.0684. The number of phenols is 2. The van der Waals surface area contributed by atoms with Crippen LogP contribution in [0.3, 0.4) is 0 Å². The Bertz CT molecular complexity index is 1220. The lowest BCUT2D eigenvalue weighted by atomic mass is 9.93. The smallest absolute Gasteiger partial charge is 0.340 e. The standard InChI is InChI=1S/C24H18O6/c25-21-15(11-13-5-1-3-7-17(13)19(21)23(27)28)9-10-16-12-14-6-2-4-8-18(14)20(22(16)26)24(29)30/h1-8,11-12,25-26H,9-10H2,(H,27,28)(H,29,30). The van der Waals surface area contributed by atoms with Gasteiger partial charge in [0, 0.05) is 0 Å². The summed E-state index contributed by atoms with van der Waals surface area (Å²) >= 11 is 0. The molecule has 6 nitrogen and oxygen atoms in total. The first kappa shape index (κ1) is 19.3. The Morgan fingerprint density at radius 3 is 1.37 bits per heavy atom. The molecule has 0 saturated carbocycles. The van der Waals surface area contributed by atoms with Gasteiger partial charge in [-0.05, 0) is 57.6 Å². The molecule has 0 aliphatic rings. The van der Waals surface area contributed by atoms with Crippen molar-refractivity contribution in [2.24, 2.45) is 0 Å². The molecular weight excluding hydrogens is 384 g/mol. The zero-order chi connectivity index (χ0) is 21.4. The Labute approximate surface area is 171 Å². The molecule has 0 saturated heterocycles. The maximum atomic E-state index is 11.7. The molecule has 0 bridgehead atoms. The molecule has 0 aromatic heterocycles. The van der Waals surface area contributed by atoms with E-state index in [1.54, 1.807) is 60.7 Å². The monoisotopic (exact) mass is 402 g/mol. The average molecular weight is 402 g/mol. The number of carboxylic acid groups (broad SMARTS) is 2. The SMILES string of the molecule is O=C(O)c1c(O)c(CCc2cc3ccccc3c(C(=O)O)c2O)cc2ccccc12. The molecule has 0 spiro atoms. The highest BCUT2D eigenvalue weighted by Crippen LogP contribution is 2.35. The summed E-state index contributed by atoms with van der Waals surface area (Å²) in [6, 6.07) is 17.2.